The van der Waals surface area contributed by atoms with Crippen LogP contribution in [0.25, 0.3) is 0 Å². The molecule has 14 heavy (non-hydrogen) atoms. The van der Waals surface area contributed by atoms with Crippen molar-refractivity contribution in [3.63, 3.8) is 0 Å². The predicted octanol–water partition coefficient (Wildman–Crippen LogP) is 3.89. The van der Waals surface area contributed by atoms with E-state index in [9.17, 15) is 4.79 Å². The number of carbonyl (C=O) groups excluding carboxylic acids is 1. The zero-order valence-corrected chi connectivity index (χ0v) is 9.09. The molecule has 0 aliphatic rings. The maximum atomic E-state index is 11.0. The lowest BCUT2D eigenvalue weighted by molar-refractivity contribution is 0.101. The third-order valence-electron chi connectivity index (χ3n) is 1.73. The second kappa shape index (κ2) is 6.02. The minimum Gasteiger partial charge on any atom is -0.294 e. The third-order valence-corrected chi connectivity index (χ3v) is 1.73. The molecule has 0 bridgehead atoms. The van der Waals surface area contributed by atoms with E-state index in [2.05, 4.69) is 5.11 Å². The molecule has 1 aromatic rings. The van der Waals surface area contributed by atoms with Crippen molar-refractivity contribution in [1.29, 1.82) is 5.53 Å². The zero-order chi connectivity index (χ0) is 11.1. The Morgan fingerprint density at radius 3 is 2.36 bits per heavy atom. The Hall–Kier alpha value is -1.51. The van der Waals surface area contributed by atoms with Gasteiger partial charge in [-0.2, -0.15) is 5.11 Å². The largest absolute Gasteiger partial charge is 0.294 e. The van der Waals surface area contributed by atoms with E-state index in [1.54, 1.807) is 18.2 Å². The fourth-order valence-electron chi connectivity index (χ4n) is 1.06. The van der Waals surface area contributed by atoms with Gasteiger partial charge in [0.25, 0.3) is 0 Å². The maximum absolute atomic E-state index is 11.0. The highest BCUT2D eigenvalue weighted by atomic mass is 16.1. The minimum atomic E-state index is 0.0120. The first-order chi connectivity index (χ1) is 6.65. The maximum Gasteiger partial charge on any atom is 0.160 e. The van der Waals surface area contributed by atoms with Gasteiger partial charge in [0.15, 0.2) is 5.78 Å². The predicted molar refractivity (Wildman–Crippen MR) is 57.3 cm³/mol. The standard InChI is InChI=1S/C9H10N2O.C2H6/c1-6-3-4-8(11-10)5-9(6)7(2)12;1-2/h3-5,10H,1-2H3;1-2H3. The summed E-state index contributed by atoms with van der Waals surface area (Å²) >= 11 is 0. The van der Waals surface area contributed by atoms with Crippen molar-refractivity contribution in [1.82, 2.24) is 0 Å². The normalized spacial score (nSPS) is 8.57. The van der Waals surface area contributed by atoms with Crippen molar-refractivity contribution >= 4 is 11.5 Å². The van der Waals surface area contributed by atoms with Gasteiger partial charge in [-0.3, -0.25) is 4.79 Å². The molecule has 3 heteroatoms. The van der Waals surface area contributed by atoms with Gasteiger partial charge in [-0.25, -0.2) is 5.53 Å². The van der Waals surface area contributed by atoms with E-state index in [0.717, 1.165) is 5.56 Å². The molecular formula is C11H16N2O. The Balaban J connectivity index is 0.000000791. The SMILES string of the molecule is CC.CC(=O)c1cc(N=N)ccc1C. The average molecular weight is 192 g/mol. The summed E-state index contributed by atoms with van der Waals surface area (Å²) in [4.78, 5) is 11.0. The topological polar surface area (TPSA) is 53.3 Å². The van der Waals surface area contributed by atoms with E-state index < -0.39 is 0 Å². The number of carbonyl (C=O) groups is 1. The molecule has 0 heterocycles. The first-order valence-corrected chi connectivity index (χ1v) is 4.64. The number of nitrogens with one attached hydrogen (secondary N) is 1. The summed E-state index contributed by atoms with van der Waals surface area (Å²) in [6.45, 7) is 7.38. The smallest absolute Gasteiger partial charge is 0.160 e. The molecule has 0 radical (unpaired) electrons. The summed E-state index contributed by atoms with van der Waals surface area (Å²) in [5, 5.41) is 3.25. The molecule has 76 valence electrons. The molecule has 0 aliphatic carbocycles. The van der Waals surface area contributed by atoms with Crippen molar-refractivity contribution in [3.8, 4) is 0 Å². The van der Waals surface area contributed by atoms with Crippen LogP contribution in [0, 0.1) is 12.5 Å². The molecule has 0 fully saturated rings. The molecule has 0 aliphatic heterocycles. The van der Waals surface area contributed by atoms with Crippen LogP contribution >= 0.6 is 0 Å². The fraction of sp³-hybridized carbons (Fsp3) is 0.364. The number of aryl methyl sites for hydroxylation is 1. The molecule has 0 atom stereocenters. The van der Waals surface area contributed by atoms with Gasteiger partial charge in [0.2, 0.25) is 0 Å². The van der Waals surface area contributed by atoms with E-state index in [1.165, 1.54) is 6.92 Å². The second-order valence-corrected chi connectivity index (χ2v) is 2.67. The molecule has 0 spiro atoms. The van der Waals surface area contributed by atoms with Crippen molar-refractivity contribution in [2.24, 2.45) is 5.11 Å². The number of ketones is 1. The summed E-state index contributed by atoms with van der Waals surface area (Å²) in [5.74, 6) is 0.0120. The molecule has 1 rings (SSSR count). The van der Waals surface area contributed by atoms with Crippen LogP contribution in [0.15, 0.2) is 23.3 Å². The average Bonchev–Trinajstić information content (AvgIpc) is 2.21. The van der Waals surface area contributed by atoms with Crippen LogP contribution in [0.5, 0.6) is 0 Å². The van der Waals surface area contributed by atoms with E-state index >= 15 is 0 Å². The van der Waals surface area contributed by atoms with Gasteiger partial charge >= 0.3 is 0 Å². The highest BCUT2D eigenvalue weighted by Crippen LogP contribution is 2.17. The molecular weight excluding hydrogens is 176 g/mol. The van der Waals surface area contributed by atoms with Gasteiger partial charge in [-0.15, -0.1) is 0 Å². The number of Topliss-reactive ketones (excluding diaryl/α,β-unsaturated/α-hetero) is 1. The fourth-order valence-corrected chi connectivity index (χ4v) is 1.06. The Kier molecular flexibility index (Phi) is 5.37. The van der Waals surface area contributed by atoms with Crippen LogP contribution in [0.2, 0.25) is 0 Å². The summed E-state index contributed by atoms with van der Waals surface area (Å²) in [5.41, 5.74) is 8.85. The van der Waals surface area contributed by atoms with Crippen LogP contribution in [0.1, 0.15) is 36.7 Å². The first-order valence-electron chi connectivity index (χ1n) is 4.64. The van der Waals surface area contributed by atoms with E-state index in [1.807, 2.05) is 20.8 Å². The van der Waals surface area contributed by atoms with Gasteiger partial charge in [-0.05, 0) is 31.5 Å². The first kappa shape index (κ1) is 12.5. The molecule has 1 aromatic carbocycles. The molecule has 0 saturated carbocycles. The van der Waals surface area contributed by atoms with Gasteiger partial charge < -0.3 is 0 Å². The van der Waals surface area contributed by atoms with Crippen molar-refractivity contribution in [2.45, 2.75) is 27.7 Å². The number of benzene rings is 1. The lowest BCUT2D eigenvalue weighted by atomic mass is 10.1. The quantitative estimate of drug-likeness (QED) is 0.561. The molecule has 0 aromatic heterocycles. The van der Waals surface area contributed by atoms with Crippen LogP contribution in [0.4, 0.5) is 5.69 Å². The van der Waals surface area contributed by atoms with Gasteiger partial charge in [0.1, 0.15) is 0 Å². The monoisotopic (exact) mass is 192 g/mol. The summed E-state index contributed by atoms with van der Waals surface area (Å²) in [7, 11) is 0. The lowest BCUT2D eigenvalue weighted by Crippen LogP contribution is -1.94. The molecule has 0 amide bonds. The number of nitrogens with zero attached hydrogens (tertiary/aromatic N) is 1. The van der Waals surface area contributed by atoms with Gasteiger partial charge in [0.05, 0.1) is 5.69 Å². The zero-order valence-electron chi connectivity index (χ0n) is 9.09. The Labute approximate surface area is 84.7 Å². The van der Waals surface area contributed by atoms with E-state index in [0.29, 0.717) is 11.3 Å². The van der Waals surface area contributed by atoms with Crippen molar-refractivity contribution in [3.05, 3.63) is 29.3 Å². The highest BCUT2D eigenvalue weighted by Gasteiger charge is 2.03. The number of hydrogen-bond acceptors (Lipinski definition) is 3. The molecule has 0 unspecified atom stereocenters. The van der Waals surface area contributed by atoms with E-state index in [-0.39, 0.29) is 5.78 Å². The van der Waals surface area contributed by atoms with Crippen LogP contribution in [-0.2, 0) is 0 Å². The van der Waals surface area contributed by atoms with Gasteiger partial charge in [-0.1, -0.05) is 19.9 Å². The minimum absolute atomic E-state index is 0.0120. The van der Waals surface area contributed by atoms with Crippen LogP contribution < -0.4 is 0 Å². The van der Waals surface area contributed by atoms with Crippen molar-refractivity contribution < 1.29 is 4.79 Å². The molecule has 1 N–H and O–H groups in total. The Bertz CT molecular complexity index is 332. The Morgan fingerprint density at radius 2 is 1.93 bits per heavy atom. The molecule has 0 saturated heterocycles. The highest BCUT2D eigenvalue weighted by molar-refractivity contribution is 5.96. The van der Waals surface area contributed by atoms with Gasteiger partial charge in [0, 0.05) is 5.56 Å². The number of rotatable bonds is 2. The lowest BCUT2D eigenvalue weighted by Gasteiger charge is -2.00. The van der Waals surface area contributed by atoms with E-state index in [4.69, 9.17) is 5.53 Å². The summed E-state index contributed by atoms with van der Waals surface area (Å²) in [6, 6.07) is 5.14. The summed E-state index contributed by atoms with van der Waals surface area (Å²) in [6.07, 6.45) is 0. The summed E-state index contributed by atoms with van der Waals surface area (Å²) < 4.78 is 0. The number of hydrogen-bond donors (Lipinski definition) is 1. The third kappa shape index (κ3) is 3.09. The van der Waals surface area contributed by atoms with Crippen LogP contribution in [0.3, 0.4) is 0 Å². The molecule has 3 nitrogen and oxygen atoms in total. The van der Waals surface area contributed by atoms with Crippen molar-refractivity contribution in [2.75, 3.05) is 0 Å². The second-order valence-electron chi connectivity index (χ2n) is 2.67. The Morgan fingerprint density at radius 1 is 1.36 bits per heavy atom. The van der Waals surface area contributed by atoms with Crippen LogP contribution in [-0.4, -0.2) is 5.78 Å².